The van der Waals surface area contributed by atoms with E-state index >= 15 is 0 Å². The normalized spacial score (nSPS) is 13.6. The van der Waals surface area contributed by atoms with Gasteiger partial charge in [0.05, 0.1) is 11.7 Å². The Balaban J connectivity index is 1.88. The van der Waals surface area contributed by atoms with E-state index in [1.54, 1.807) is 12.1 Å². The molecular formula is C28H33O4P. The standard InChI is InChI=1S/C28H33O4P/c1-21(2)26(31-28(29)23-14-8-5-9-15-23)20-27(22(3)4)32-33(30,24-16-10-6-11-17-24)25-18-12-7-13-19-25/h5-19,21-22,26-27H,20H2,1-4H3. The number of rotatable bonds is 10. The van der Waals surface area contributed by atoms with Crippen molar-refractivity contribution >= 4 is 23.9 Å². The number of esters is 1. The SMILES string of the molecule is CC(C)C(CC(OP(=O)(c1ccccc1)c1ccccc1)C(C)C)OC(=O)c1ccccc1. The summed E-state index contributed by atoms with van der Waals surface area (Å²) in [5, 5.41) is 1.31. The minimum Gasteiger partial charge on any atom is -0.458 e. The zero-order valence-electron chi connectivity index (χ0n) is 19.8. The summed E-state index contributed by atoms with van der Waals surface area (Å²) in [6, 6.07) is 27.7. The maximum Gasteiger partial charge on any atom is 0.338 e. The van der Waals surface area contributed by atoms with Gasteiger partial charge < -0.3 is 9.26 Å². The van der Waals surface area contributed by atoms with Gasteiger partial charge >= 0.3 is 5.97 Å². The van der Waals surface area contributed by atoms with Crippen LogP contribution in [0.1, 0.15) is 44.5 Å². The molecule has 0 aliphatic rings. The second kappa shape index (κ2) is 11.4. The lowest BCUT2D eigenvalue weighted by molar-refractivity contribution is -0.00144. The van der Waals surface area contributed by atoms with E-state index in [4.69, 9.17) is 9.26 Å². The monoisotopic (exact) mass is 464 g/mol. The first-order valence-corrected chi connectivity index (χ1v) is 13.1. The van der Waals surface area contributed by atoms with E-state index in [0.717, 1.165) is 0 Å². The first kappa shape index (κ1) is 25.0. The molecule has 5 heteroatoms. The van der Waals surface area contributed by atoms with Crippen LogP contribution in [-0.2, 0) is 13.8 Å². The van der Waals surface area contributed by atoms with Crippen LogP contribution in [0.25, 0.3) is 0 Å². The van der Waals surface area contributed by atoms with Gasteiger partial charge in [0.1, 0.15) is 6.10 Å². The van der Waals surface area contributed by atoms with Gasteiger partial charge in [0.15, 0.2) is 0 Å². The average Bonchev–Trinajstić information content (AvgIpc) is 2.84. The van der Waals surface area contributed by atoms with Crippen molar-refractivity contribution in [3.63, 3.8) is 0 Å². The third-order valence-electron chi connectivity index (χ3n) is 5.70. The van der Waals surface area contributed by atoms with Gasteiger partial charge in [0, 0.05) is 17.0 Å². The van der Waals surface area contributed by atoms with E-state index in [2.05, 4.69) is 0 Å². The molecule has 0 fully saturated rings. The molecule has 3 aromatic rings. The zero-order chi connectivity index (χ0) is 23.8. The molecule has 0 aliphatic carbocycles. The maximum atomic E-state index is 14.4. The Kier molecular flexibility index (Phi) is 8.66. The molecule has 0 heterocycles. The van der Waals surface area contributed by atoms with Crippen molar-refractivity contribution in [2.24, 2.45) is 11.8 Å². The number of hydrogen-bond donors (Lipinski definition) is 0. The lowest BCUT2D eigenvalue weighted by Gasteiger charge is -2.32. The van der Waals surface area contributed by atoms with Crippen LogP contribution in [0, 0.1) is 11.8 Å². The second-order valence-corrected chi connectivity index (χ2v) is 11.2. The summed E-state index contributed by atoms with van der Waals surface area (Å²) < 4.78 is 26.8. The Hall–Kier alpha value is -2.68. The van der Waals surface area contributed by atoms with Crippen LogP contribution in [0.15, 0.2) is 91.0 Å². The topological polar surface area (TPSA) is 52.6 Å². The molecule has 0 bridgehead atoms. The number of benzene rings is 3. The fourth-order valence-corrected chi connectivity index (χ4v) is 5.99. The Morgan fingerprint density at radius 1 is 0.697 bits per heavy atom. The minimum atomic E-state index is -3.35. The van der Waals surface area contributed by atoms with Crippen LogP contribution >= 0.6 is 7.37 Å². The average molecular weight is 465 g/mol. The van der Waals surface area contributed by atoms with E-state index in [-0.39, 0.29) is 30.0 Å². The third kappa shape index (κ3) is 6.43. The summed E-state index contributed by atoms with van der Waals surface area (Å²) in [7, 11) is -3.35. The fourth-order valence-electron chi connectivity index (χ4n) is 3.61. The third-order valence-corrected chi connectivity index (χ3v) is 8.22. The predicted molar refractivity (Wildman–Crippen MR) is 135 cm³/mol. The zero-order valence-corrected chi connectivity index (χ0v) is 20.7. The first-order valence-electron chi connectivity index (χ1n) is 11.5. The van der Waals surface area contributed by atoms with Crippen molar-refractivity contribution < 1.29 is 18.6 Å². The van der Waals surface area contributed by atoms with Crippen LogP contribution in [0.2, 0.25) is 0 Å². The van der Waals surface area contributed by atoms with Gasteiger partial charge in [-0.15, -0.1) is 0 Å². The molecule has 2 unspecified atom stereocenters. The molecule has 0 amide bonds. The van der Waals surface area contributed by atoms with E-state index in [9.17, 15) is 9.36 Å². The minimum absolute atomic E-state index is 0.0717. The molecule has 3 rings (SSSR count). The Labute approximate surface area is 197 Å². The van der Waals surface area contributed by atoms with Gasteiger partial charge in [0.25, 0.3) is 7.37 Å². The Bertz CT molecular complexity index is 1010. The number of ether oxygens (including phenoxy) is 1. The lowest BCUT2D eigenvalue weighted by atomic mass is 9.95. The van der Waals surface area contributed by atoms with Crippen LogP contribution in [0.5, 0.6) is 0 Å². The van der Waals surface area contributed by atoms with Gasteiger partial charge in [-0.1, -0.05) is 82.3 Å². The highest BCUT2D eigenvalue weighted by molar-refractivity contribution is 7.74. The van der Waals surface area contributed by atoms with E-state index in [1.165, 1.54) is 0 Å². The molecule has 0 radical (unpaired) electrons. The lowest BCUT2D eigenvalue weighted by Crippen LogP contribution is -2.33. The molecule has 174 valence electrons. The number of carbonyl (C=O) groups excluding carboxylic acids is 1. The van der Waals surface area contributed by atoms with Gasteiger partial charge in [0.2, 0.25) is 0 Å². The number of carbonyl (C=O) groups is 1. The number of hydrogen-bond acceptors (Lipinski definition) is 4. The first-order chi connectivity index (χ1) is 15.8. The quantitative estimate of drug-likeness (QED) is 0.264. The van der Waals surface area contributed by atoms with Crippen molar-refractivity contribution in [2.75, 3.05) is 0 Å². The molecule has 4 nitrogen and oxygen atoms in total. The molecular weight excluding hydrogens is 431 g/mol. The summed E-state index contributed by atoms with van der Waals surface area (Å²) in [5.74, 6) is -0.205. The van der Waals surface area contributed by atoms with E-state index in [1.807, 2.05) is 107 Å². The Morgan fingerprint density at radius 3 is 1.55 bits per heavy atom. The fraction of sp³-hybridized carbons (Fsp3) is 0.321. The molecule has 0 aliphatic heterocycles. The van der Waals surface area contributed by atoms with Crippen molar-refractivity contribution in [2.45, 2.75) is 46.3 Å². The van der Waals surface area contributed by atoms with Gasteiger partial charge in [-0.3, -0.25) is 4.57 Å². The molecule has 0 aromatic heterocycles. The molecule has 33 heavy (non-hydrogen) atoms. The van der Waals surface area contributed by atoms with Crippen molar-refractivity contribution in [3.8, 4) is 0 Å². The molecule has 0 saturated heterocycles. The highest BCUT2D eigenvalue weighted by atomic mass is 31.2. The summed E-state index contributed by atoms with van der Waals surface area (Å²) >= 11 is 0. The molecule has 0 spiro atoms. The molecule has 0 saturated carbocycles. The van der Waals surface area contributed by atoms with Crippen LogP contribution < -0.4 is 10.6 Å². The highest BCUT2D eigenvalue weighted by Crippen LogP contribution is 2.47. The second-order valence-electron chi connectivity index (χ2n) is 8.90. The van der Waals surface area contributed by atoms with Crippen LogP contribution in [0.4, 0.5) is 0 Å². The highest BCUT2D eigenvalue weighted by Gasteiger charge is 2.35. The largest absolute Gasteiger partial charge is 0.458 e. The summed E-state index contributed by atoms with van der Waals surface area (Å²) in [6.07, 6.45) is -0.283. The maximum absolute atomic E-state index is 14.4. The van der Waals surface area contributed by atoms with Crippen molar-refractivity contribution in [1.29, 1.82) is 0 Å². The molecule has 0 N–H and O–H groups in total. The van der Waals surface area contributed by atoms with Crippen LogP contribution in [0.3, 0.4) is 0 Å². The van der Waals surface area contributed by atoms with Crippen LogP contribution in [-0.4, -0.2) is 18.2 Å². The molecule has 3 aromatic carbocycles. The smallest absolute Gasteiger partial charge is 0.338 e. The van der Waals surface area contributed by atoms with Crippen molar-refractivity contribution in [3.05, 3.63) is 96.6 Å². The predicted octanol–water partition coefficient (Wildman–Crippen LogP) is 6.23. The summed E-state index contributed by atoms with van der Waals surface area (Å²) in [4.78, 5) is 12.7. The van der Waals surface area contributed by atoms with Crippen molar-refractivity contribution in [1.82, 2.24) is 0 Å². The van der Waals surface area contributed by atoms with Gasteiger partial charge in [-0.25, -0.2) is 4.79 Å². The summed E-state index contributed by atoms with van der Waals surface area (Å²) in [6.45, 7) is 8.13. The van der Waals surface area contributed by atoms with Gasteiger partial charge in [-0.05, 0) is 48.2 Å². The summed E-state index contributed by atoms with van der Waals surface area (Å²) in [5.41, 5.74) is 0.518. The van der Waals surface area contributed by atoms with Gasteiger partial charge in [-0.2, -0.15) is 0 Å². The van der Waals surface area contributed by atoms with E-state index < -0.39 is 7.37 Å². The molecule has 2 atom stereocenters. The Morgan fingerprint density at radius 2 is 1.12 bits per heavy atom. The van der Waals surface area contributed by atoms with E-state index in [0.29, 0.717) is 22.6 Å².